The van der Waals surface area contributed by atoms with E-state index in [0.717, 1.165) is 71.4 Å². The van der Waals surface area contributed by atoms with Gasteiger partial charge in [0.2, 0.25) is 16.9 Å². The molecule has 5 aliphatic rings. The highest BCUT2D eigenvalue weighted by Crippen LogP contribution is 2.68. The molecule has 4 saturated carbocycles. The highest BCUT2D eigenvalue weighted by molar-refractivity contribution is 8.14. The van der Waals surface area contributed by atoms with E-state index in [1.807, 2.05) is 6.92 Å². The van der Waals surface area contributed by atoms with Gasteiger partial charge in [-0.3, -0.25) is 32.5 Å². The lowest BCUT2D eigenvalue weighted by Crippen LogP contribution is -2.53. The minimum atomic E-state index is -5.59. The molecule has 1 saturated heterocycles. The normalized spacial score (nSPS) is 32.3. The van der Waals surface area contributed by atoms with Gasteiger partial charge in [-0.2, -0.15) is 4.31 Å². The van der Waals surface area contributed by atoms with Crippen LogP contribution in [0.25, 0.3) is 11.2 Å². The number of thioether (sulfide) groups is 1. The van der Waals surface area contributed by atoms with Crippen molar-refractivity contribution in [3.63, 3.8) is 0 Å². The molecule has 3 heterocycles. The molecule has 5 fully saturated rings. The second-order valence-electron chi connectivity index (χ2n) is 22.8. The summed E-state index contributed by atoms with van der Waals surface area (Å²) in [4.78, 5) is 89.8. The third-order valence-electron chi connectivity index (χ3n) is 17.5. The average molecular weight is 1150 g/mol. The van der Waals surface area contributed by atoms with Gasteiger partial charge in [-0.1, -0.05) is 65.3 Å². The summed E-state index contributed by atoms with van der Waals surface area (Å²) in [5.74, 6) is 3.78. The highest BCUT2D eigenvalue weighted by atomic mass is 32.2. The number of hydrogen-bond acceptors (Lipinski definition) is 18. The predicted molar refractivity (Wildman–Crippen MR) is 279 cm³/mol. The fourth-order valence-electron chi connectivity index (χ4n) is 13.5. The van der Waals surface area contributed by atoms with Crippen LogP contribution in [0.2, 0.25) is 0 Å². The van der Waals surface area contributed by atoms with Crippen LogP contribution in [0.4, 0.5) is 5.82 Å². The highest BCUT2D eigenvalue weighted by Gasteiger charge is 2.60. The Hall–Kier alpha value is -2.70. The number of carbonyl (C=O) groups is 3. The van der Waals surface area contributed by atoms with Gasteiger partial charge in [0, 0.05) is 30.7 Å². The van der Waals surface area contributed by atoms with Crippen LogP contribution in [0, 0.1) is 51.8 Å². The summed E-state index contributed by atoms with van der Waals surface area (Å²) in [5.41, 5.74) is 5.95. The molecule has 10 N–H and O–H groups in total. The molecule has 76 heavy (non-hydrogen) atoms. The van der Waals surface area contributed by atoms with E-state index in [2.05, 4.69) is 61.3 Å². The van der Waals surface area contributed by atoms with Gasteiger partial charge in [0.25, 0.3) is 0 Å². The second-order valence-corrected chi connectivity index (χ2v) is 28.1. The quantitative estimate of drug-likeness (QED) is 0.0327. The number of allylic oxidation sites excluding steroid dienone is 1. The molecule has 24 nitrogen and oxygen atoms in total. The lowest BCUT2D eigenvalue weighted by Gasteiger charge is -2.61. The van der Waals surface area contributed by atoms with Crippen LogP contribution < -0.4 is 16.4 Å². The number of nitrogen functional groups attached to an aromatic ring is 1. The van der Waals surface area contributed by atoms with E-state index in [1.165, 1.54) is 78.1 Å². The maximum atomic E-state index is 13.0. The fraction of sp³-hybridized carbons (Fsp3) is 0.792. The van der Waals surface area contributed by atoms with Crippen molar-refractivity contribution in [3.05, 3.63) is 24.3 Å². The Labute approximate surface area is 447 Å². The molecule has 0 bridgehead atoms. The van der Waals surface area contributed by atoms with E-state index in [0.29, 0.717) is 28.1 Å². The smallest absolute Gasteiger partial charge is 0.386 e. The molecular formula is C48H78N7O17P3S. The maximum absolute atomic E-state index is 13.0. The number of aliphatic hydroxyl groups excluding tert-OH is 2. The number of ether oxygens (including phenoxy) is 1. The Balaban J connectivity index is 0.772. The third kappa shape index (κ3) is 14.2. The number of phosphoric acid groups is 3. The van der Waals surface area contributed by atoms with Crippen molar-refractivity contribution in [1.29, 1.82) is 0 Å². The topological polar surface area (TPSA) is 364 Å². The van der Waals surface area contributed by atoms with E-state index in [4.69, 9.17) is 19.5 Å². The van der Waals surface area contributed by atoms with Crippen molar-refractivity contribution in [2.24, 2.45) is 51.8 Å². The van der Waals surface area contributed by atoms with Crippen molar-refractivity contribution in [2.75, 3.05) is 37.8 Å². The van der Waals surface area contributed by atoms with Crippen molar-refractivity contribution >= 4 is 69.1 Å². The van der Waals surface area contributed by atoms with Crippen LogP contribution in [0.1, 0.15) is 131 Å². The minimum Gasteiger partial charge on any atom is -0.386 e. The molecule has 15 atom stereocenters. The number of imidazole rings is 1. The molecule has 28 heteroatoms. The molecule has 2 aromatic rings. The van der Waals surface area contributed by atoms with Gasteiger partial charge in [-0.05, 0) is 123 Å². The zero-order valence-electron chi connectivity index (χ0n) is 44.1. The number of nitrogens with one attached hydrogen (secondary N) is 2. The number of anilines is 1. The van der Waals surface area contributed by atoms with E-state index < -0.39 is 84.6 Å². The Morgan fingerprint density at radius 2 is 1.68 bits per heavy atom. The number of fused-ring (bicyclic) bond motifs is 6. The molecule has 3 unspecified atom stereocenters. The van der Waals surface area contributed by atoms with Crippen molar-refractivity contribution < 1.29 is 80.5 Å². The first kappa shape index (κ1) is 60.9. The Morgan fingerprint density at radius 3 is 2.42 bits per heavy atom. The van der Waals surface area contributed by atoms with Crippen LogP contribution >= 0.6 is 35.2 Å². The summed E-state index contributed by atoms with van der Waals surface area (Å²) in [6.07, 6.45) is 11.0. The summed E-state index contributed by atoms with van der Waals surface area (Å²) < 4.78 is 62.8. The molecule has 0 radical (unpaired) electrons. The number of nitrogens with two attached hydrogens (primary N) is 1. The molecule has 428 valence electrons. The summed E-state index contributed by atoms with van der Waals surface area (Å²) >= 11 is 1.13. The second kappa shape index (κ2) is 24.6. The van der Waals surface area contributed by atoms with E-state index >= 15 is 0 Å². The van der Waals surface area contributed by atoms with Crippen molar-refractivity contribution in [2.45, 2.75) is 156 Å². The lowest BCUT2D eigenvalue weighted by atomic mass is 9.44. The summed E-state index contributed by atoms with van der Waals surface area (Å²) in [5, 5.41) is 26.8. The summed E-state index contributed by atoms with van der Waals surface area (Å²) in [7, 11) is -16.4. The van der Waals surface area contributed by atoms with Crippen molar-refractivity contribution in [3.8, 4) is 0 Å². The lowest BCUT2D eigenvalue weighted by molar-refractivity contribution is -0.137. The number of amides is 2. The van der Waals surface area contributed by atoms with Gasteiger partial charge in [-0.25, -0.2) is 28.6 Å². The van der Waals surface area contributed by atoms with E-state index in [-0.39, 0.29) is 41.6 Å². The molecule has 0 spiro atoms. The largest absolute Gasteiger partial charge is 0.481 e. The van der Waals surface area contributed by atoms with Crippen LogP contribution in [0.3, 0.4) is 0 Å². The SMILES string of the molecule is CC(=CCC[C@@H](C)[C@H]1CC[C@H]2[C@@H]3CCC4CCCC[C@]4(C)[C@H]3CC[C@]12C)C(=O)SCCNC(=O)CCNC(=O)[C@H](O)C(C)(C)COP(=O)(O)OP(=O)(O)OC[C@H]1O[C@@H](n2cnc3c(N)ncnc32)[C@H](O)[C@@H]1OP(=O)(O)O. The molecule has 2 amide bonds. The number of hydrogen-bond donors (Lipinski definition) is 9. The van der Waals surface area contributed by atoms with Gasteiger partial charge in [0.05, 0.1) is 19.5 Å². The number of carbonyl (C=O) groups excluding carboxylic acids is 3. The molecular weight excluding hydrogens is 1070 g/mol. The minimum absolute atomic E-state index is 0.0342. The molecule has 1 aliphatic heterocycles. The molecule has 0 aromatic carbocycles. The molecule has 7 rings (SSSR count). The number of phosphoric ester groups is 3. The number of nitrogens with zero attached hydrogens (tertiary/aromatic N) is 4. The Morgan fingerprint density at radius 1 is 0.961 bits per heavy atom. The van der Waals surface area contributed by atoms with E-state index in [1.54, 1.807) is 0 Å². The Bertz CT molecular complexity index is 2590. The van der Waals surface area contributed by atoms with Gasteiger partial charge in [0.15, 0.2) is 17.7 Å². The summed E-state index contributed by atoms with van der Waals surface area (Å²) in [6.45, 7) is 10.1. The van der Waals surface area contributed by atoms with Crippen LogP contribution in [-0.4, -0.2) is 123 Å². The number of aliphatic hydroxyl groups is 2. The standard InChI is InChI=1S/C48H78N7O17P3S/c1-28(32-15-16-33-31-14-13-30-12-7-8-19-47(30,5)34(31)17-20-48(32,33)6)10-9-11-29(2)45(60)76-23-22-50-36(56)18-21-51-43(59)40(58)46(3,4)25-69-75(66,67)72-74(64,65)68-24-35-39(71-73(61,62)63)38(57)44(70-35)55-27-54-37-41(49)52-26-53-42(37)55/h11,26-28,30-35,38-40,44,57-58H,7-10,12-25H2,1-6H3,(H,50,56)(H,51,59)(H,64,65)(H,66,67)(H2,49,52,53)(H2,61,62,63)/t28-,30?,31+,32-,33+,34+,35-,38-,39-,40+,44-,47+,48-/m1/s1. The number of rotatable bonds is 24. The first-order valence-corrected chi connectivity index (χ1v) is 31.8. The van der Waals surface area contributed by atoms with Crippen molar-refractivity contribution in [1.82, 2.24) is 30.2 Å². The Kier molecular flexibility index (Phi) is 19.7. The van der Waals surface area contributed by atoms with Gasteiger partial charge >= 0.3 is 23.5 Å². The molecule has 4 aliphatic carbocycles. The average Bonchev–Trinajstić information content (AvgIpc) is 4.03. The first-order valence-electron chi connectivity index (χ1n) is 26.3. The van der Waals surface area contributed by atoms with Crippen LogP contribution in [-0.2, 0) is 50.7 Å². The van der Waals surface area contributed by atoms with Crippen LogP contribution in [0.5, 0.6) is 0 Å². The van der Waals surface area contributed by atoms with Gasteiger partial charge in [0.1, 0.15) is 36.3 Å². The van der Waals surface area contributed by atoms with Gasteiger partial charge in [-0.15, -0.1) is 0 Å². The number of aromatic nitrogens is 4. The maximum Gasteiger partial charge on any atom is 0.481 e. The predicted octanol–water partition coefficient (Wildman–Crippen LogP) is 6.08. The van der Waals surface area contributed by atoms with E-state index in [9.17, 15) is 57.9 Å². The zero-order chi connectivity index (χ0) is 55.6. The fourth-order valence-corrected chi connectivity index (χ4v) is 17.0. The first-order chi connectivity index (χ1) is 35.6. The third-order valence-corrected chi connectivity index (χ3v) is 21.6. The summed E-state index contributed by atoms with van der Waals surface area (Å²) in [6, 6.07) is 0. The van der Waals surface area contributed by atoms with Gasteiger partial charge < -0.3 is 50.9 Å². The molecule has 2 aromatic heterocycles. The zero-order valence-corrected chi connectivity index (χ0v) is 47.6. The monoisotopic (exact) mass is 1150 g/mol. The van der Waals surface area contributed by atoms with Crippen LogP contribution in [0.15, 0.2) is 24.3 Å².